The van der Waals surface area contributed by atoms with Crippen LogP contribution in [0.15, 0.2) is 24.3 Å². The van der Waals surface area contributed by atoms with Gasteiger partial charge in [0.25, 0.3) is 0 Å². The number of carbonyl (C=O) groups is 1. The van der Waals surface area contributed by atoms with Crippen molar-refractivity contribution in [2.24, 2.45) is 0 Å². The Morgan fingerprint density at radius 2 is 1.89 bits per heavy atom. The first kappa shape index (κ1) is 14.1. The summed E-state index contributed by atoms with van der Waals surface area (Å²) >= 11 is 0. The minimum atomic E-state index is -0.653. The van der Waals surface area contributed by atoms with Crippen molar-refractivity contribution in [2.75, 3.05) is 6.54 Å². The first-order chi connectivity index (χ1) is 9.07. The molecule has 2 rings (SSSR count). The molecule has 0 aromatic heterocycles. The largest absolute Gasteiger partial charge is 0.388 e. The molecule has 3 nitrogen and oxygen atoms in total. The quantitative estimate of drug-likeness (QED) is 0.854. The highest BCUT2D eigenvalue weighted by Gasteiger charge is 2.31. The summed E-state index contributed by atoms with van der Waals surface area (Å²) in [4.78, 5) is 11.8. The molecule has 2 N–H and O–H groups in total. The van der Waals surface area contributed by atoms with Crippen LogP contribution in [0.5, 0.6) is 0 Å². The molecule has 1 amide bonds. The molecule has 3 heteroatoms. The normalized spacial score (nSPS) is 17.4. The average molecular weight is 261 g/mol. The van der Waals surface area contributed by atoms with Crippen molar-refractivity contribution in [3.63, 3.8) is 0 Å². The fourth-order valence-electron chi connectivity index (χ4n) is 2.57. The number of rotatable bonds is 5. The molecular weight excluding hydrogens is 238 g/mol. The number of carbonyl (C=O) groups excluding carboxylic acids is 1. The van der Waals surface area contributed by atoms with E-state index in [1.165, 1.54) is 11.1 Å². The molecule has 0 aliphatic heterocycles. The third-order valence-corrected chi connectivity index (χ3v) is 3.91. The standard InChI is InChI=1S/C16H23NO2/c1-13-4-6-14(7-5-13)8-9-15(18)17-12-16(19)10-2-3-11-16/h4-7,19H,2-3,8-12H2,1H3,(H,17,18). The molecule has 1 aliphatic rings. The van der Waals surface area contributed by atoms with E-state index in [2.05, 4.69) is 36.5 Å². The minimum absolute atomic E-state index is 0.0286. The van der Waals surface area contributed by atoms with Crippen LogP contribution in [0.4, 0.5) is 0 Å². The molecule has 0 radical (unpaired) electrons. The van der Waals surface area contributed by atoms with Crippen molar-refractivity contribution in [3.05, 3.63) is 35.4 Å². The van der Waals surface area contributed by atoms with Crippen molar-refractivity contribution in [2.45, 2.75) is 51.0 Å². The van der Waals surface area contributed by atoms with Crippen LogP contribution in [-0.2, 0) is 11.2 Å². The number of hydrogen-bond acceptors (Lipinski definition) is 2. The Morgan fingerprint density at radius 1 is 1.26 bits per heavy atom. The summed E-state index contributed by atoms with van der Waals surface area (Å²) < 4.78 is 0. The highest BCUT2D eigenvalue weighted by atomic mass is 16.3. The van der Waals surface area contributed by atoms with Crippen molar-refractivity contribution in [1.82, 2.24) is 5.32 Å². The molecule has 1 saturated carbocycles. The van der Waals surface area contributed by atoms with Gasteiger partial charge in [-0.15, -0.1) is 0 Å². The average Bonchev–Trinajstić information content (AvgIpc) is 2.83. The van der Waals surface area contributed by atoms with Gasteiger partial charge in [0.1, 0.15) is 0 Å². The smallest absolute Gasteiger partial charge is 0.220 e. The zero-order valence-electron chi connectivity index (χ0n) is 11.6. The lowest BCUT2D eigenvalue weighted by Gasteiger charge is -2.22. The van der Waals surface area contributed by atoms with E-state index in [1.807, 2.05) is 0 Å². The predicted molar refractivity (Wildman–Crippen MR) is 75.9 cm³/mol. The van der Waals surface area contributed by atoms with Gasteiger partial charge in [-0.2, -0.15) is 0 Å². The summed E-state index contributed by atoms with van der Waals surface area (Å²) in [6.07, 6.45) is 4.99. The second kappa shape index (κ2) is 6.20. The minimum Gasteiger partial charge on any atom is -0.388 e. The Labute approximate surface area is 115 Å². The molecule has 0 atom stereocenters. The molecule has 1 aromatic rings. The fraction of sp³-hybridized carbons (Fsp3) is 0.562. The SMILES string of the molecule is Cc1ccc(CCC(=O)NCC2(O)CCCC2)cc1. The second-order valence-corrected chi connectivity index (χ2v) is 5.69. The lowest BCUT2D eigenvalue weighted by molar-refractivity contribution is -0.122. The van der Waals surface area contributed by atoms with E-state index >= 15 is 0 Å². The Balaban J connectivity index is 1.71. The maximum absolute atomic E-state index is 11.8. The molecule has 0 bridgehead atoms. The van der Waals surface area contributed by atoms with Crippen LogP contribution in [0.2, 0.25) is 0 Å². The number of benzene rings is 1. The van der Waals surface area contributed by atoms with Crippen molar-refractivity contribution < 1.29 is 9.90 Å². The van der Waals surface area contributed by atoms with Crippen molar-refractivity contribution >= 4 is 5.91 Å². The third-order valence-electron chi connectivity index (χ3n) is 3.91. The fourth-order valence-corrected chi connectivity index (χ4v) is 2.57. The number of hydrogen-bond donors (Lipinski definition) is 2. The Bertz CT molecular complexity index is 419. The van der Waals surface area contributed by atoms with Gasteiger partial charge in [0, 0.05) is 13.0 Å². The topological polar surface area (TPSA) is 49.3 Å². The molecule has 1 aliphatic carbocycles. The molecule has 1 fully saturated rings. The first-order valence-corrected chi connectivity index (χ1v) is 7.12. The maximum Gasteiger partial charge on any atom is 0.220 e. The summed E-state index contributed by atoms with van der Waals surface area (Å²) in [5, 5.41) is 13.0. The van der Waals surface area contributed by atoms with Crippen molar-refractivity contribution in [3.8, 4) is 0 Å². The van der Waals surface area contributed by atoms with Gasteiger partial charge >= 0.3 is 0 Å². The number of aliphatic hydroxyl groups is 1. The van der Waals surface area contributed by atoms with Crippen LogP contribution < -0.4 is 5.32 Å². The molecule has 1 aromatic carbocycles. The first-order valence-electron chi connectivity index (χ1n) is 7.12. The van der Waals surface area contributed by atoms with Crippen LogP contribution in [0.25, 0.3) is 0 Å². The van der Waals surface area contributed by atoms with E-state index in [-0.39, 0.29) is 5.91 Å². The number of aryl methyl sites for hydroxylation is 2. The maximum atomic E-state index is 11.8. The molecule has 0 spiro atoms. The molecule has 0 saturated heterocycles. The van der Waals surface area contributed by atoms with E-state index < -0.39 is 5.60 Å². The lowest BCUT2D eigenvalue weighted by Crippen LogP contribution is -2.40. The van der Waals surface area contributed by atoms with E-state index in [0.29, 0.717) is 13.0 Å². The highest BCUT2D eigenvalue weighted by Crippen LogP contribution is 2.28. The van der Waals surface area contributed by atoms with Gasteiger partial charge in [0.2, 0.25) is 5.91 Å². The zero-order chi connectivity index (χ0) is 13.7. The summed E-state index contributed by atoms with van der Waals surface area (Å²) in [5.41, 5.74) is 1.76. The van der Waals surface area contributed by atoms with Gasteiger partial charge < -0.3 is 10.4 Å². The second-order valence-electron chi connectivity index (χ2n) is 5.69. The van der Waals surface area contributed by atoms with Crippen LogP contribution >= 0.6 is 0 Å². The number of amides is 1. The van der Waals surface area contributed by atoms with E-state index in [1.54, 1.807) is 0 Å². The summed E-state index contributed by atoms with van der Waals surface area (Å²) in [6, 6.07) is 8.25. The summed E-state index contributed by atoms with van der Waals surface area (Å²) in [7, 11) is 0. The molecule has 104 valence electrons. The highest BCUT2D eigenvalue weighted by molar-refractivity contribution is 5.76. The Hall–Kier alpha value is -1.35. The number of nitrogens with one attached hydrogen (secondary N) is 1. The van der Waals surface area contributed by atoms with E-state index in [9.17, 15) is 9.90 Å². The molecular formula is C16H23NO2. The van der Waals surface area contributed by atoms with Crippen molar-refractivity contribution in [1.29, 1.82) is 0 Å². The molecule has 19 heavy (non-hydrogen) atoms. The Kier molecular flexibility index (Phi) is 4.59. The van der Waals surface area contributed by atoms with Gasteiger partial charge in [0.05, 0.1) is 5.60 Å². The van der Waals surface area contributed by atoms with Crippen LogP contribution in [0.1, 0.15) is 43.2 Å². The van der Waals surface area contributed by atoms with Gasteiger partial charge in [-0.3, -0.25) is 4.79 Å². The van der Waals surface area contributed by atoms with E-state index in [0.717, 1.165) is 32.1 Å². The monoisotopic (exact) mass is 261 g/mol. The molecule has 0 heterocycles. The zero-order valence-corrected chi connectivity index (χ0v) is 11.6. The predicted octanol–water partition coefficient (Wildman–Crippen LogP) is 2.35. The van der Waals surface area contributed by atoms with Crippen LogP contribution in [-0.4, -0.2) is 23.2 Å². The van der Waals surface area contributed by atoms with Crippen LogP contribution in [0, 0.1) is 6.92 Å². The van der Waals surface area contributed by atoms with E-state index in [4.69, 9.17) is 0 Å². The van der Waals surface area contributed by atoms with Gasteiger partial charge in [0.15, 0.2) is 0 Å². The van der Waals surface area contributed by atoms with Crippen LogP contribution in [0.3, 0.4) is 0 Å². The lowest BCUT2D eigenvalue weighted by atomic mass is 10.0. The Morgan fingerprint density at radius 3 is 2.53 bits per heavy atom. The summed E-state index contributed by atoms with van der Waals surface area (Å²) in [5.74, 6) is 0.0286. The third kappa shape index (κ3) is 4.35. The summed E-state index contributed by atoms with van der Waals surface area (Å²) in [6.45, 7) is 2.46. The molecule has 0 unspecified atom stereocenters. The van der Waals surface area contributed by atoms with Gasteiger partial charge in [-0.25, -0.2) is 0 Å². The van der Waals surface area contributed by atoms with Gasteiger partial charge in [-0.1, -0.05) is 42.7 Å². The van der Waals surface area contributed by atoms with Gasteiger partial charge in [-0.05, 0) is 31.7 Å².